The summed E-state index contributed by atoms with van der Waals surface area (Å²) in [5, 5.41) is 0. The maximum atomic E-state index is 6.09. The van der Waals surface area contributed by atoms with Crippen molar-refractivity contribution in [3.63, 3.8) is 0 Å². The Bertz CT molecular complexity index is 376. The smallest absolute Gasteiger partial charge is 0.122 e. The molecule has 0 heterocycles. The van der Waals surface area contributed by atoms with Crippen LogP contribution in [0.15, 0.2) is 42.5 Å². The lowest BCUT2D eigenvalue weighted by atomic mass is 9.86. The van der Waals surface area contributed by atoms with Gasteiger partial charge < -0.3 is 4.74 Å². The van der Waals surface area contributed by atoms with Gasteiger partial charge in [0.1, 0.15) is 11.9 Å². The number of ether oxygens (including phenoxy) is 1. The predicted molar refractivity (Wildman–Crippen MR) is 78.9 cm³/mol. The third-order valence-electron chi connectivity index (χ3n) is 2.63. The highest BCUT2D eigenvalue weighted by Gasteiger charge is 2.24. The Morgan fingerprint density at radius 1 is 0.944 bits per heavy atom. The van der Waals surface area contributed by atoms with Gasteiger partial charge in [0, 0.05) is 5.41 Å². The summed E-state index contributed by atoms with van der Waals surface area (Å²) in [7, 11) is 0. The van der Waals surface area contributed by atoms with Gasteiger partial charge in [-0.2, -0.15) is 0 Å². The molecule has 1 unspecified atom stereocenters. The average molecular weight is 246 g/mol. The highest BCUT2D eigenvalue weighted by atomic mass is 16.5. The molecule has 0 radical (unpaired) electrons. The maximum absolute atomic E-state index is 6.09. The first kappa shape index (κ1) is 14.8. The Labute approximate surface area is 112 Å². The minimum absolute atomic E-state index is 0.0809. The molecule has 0 aliphatic heterocycles. The molecule has 0 N–H and O–H groups in total. The molecule has 0 aliphatic rings. The van der Waals surface area contributed by atoms with Gasteiger partial charge in [0.05, 0.1) is 0 Å². The molecular formula is C17H26O. The molecule has 1 atom stereocenters. The van der Waals surface area contributed by atoms with Gasteiger partial charge in [-0.1, -0.05) is 65.8 Å². The molecule has 0 fully saturated rings. The van der Waals surface area contributed by atoms with E-state index in [0.717, 1.165) is 5.75 Å². The van der Waals surface area contributed by atoms with Gasteiger partial charge in [-0.3, -0.25) is 0 Å². The molecule has 0 saturated heterocycles. The Hall–Kier alpha value is -1.24. The van der Waals surface area contributed by atoms with E-state index in [4.69, 9.17) is 4.74 Å². The van der Waals surface area contributed by atoms with E-state index in [1.54, 1.807) is 0 Å². The second kappa shape index (κ2) is 5.60. The molecule has 1 aromatic carbocycles. The molecule has 0 aliphatic carbocycles. The Morgan fingerprint density at radius 2 is 1.50 bits per heavy atom. The summed E-state index contributed by atoms with van der Waals surface area (Å²) in [4.78, 5) is 0. The summed E-state index contributed by atoms with van der Waals surface area (Å²) in [6.07, 6.45) is 4.50. The van der Waals surface area contributed by atoms with Crippen LogP contribution in [0.1, 0.15) is 41.5 Å². The molecule has 100 valence electrons. The first-order chi connectivity index (χ1) is 8.18. The largest absolute Gasteiger partial charge is 0.486 e. The number of allylic oxidation sites excluding steroid dienone is 1. The number of hydrogen-bond donors (Lipinski definition) is 0. The minimum atomic E-state index is 0.0809. The highest BCUT2D eigenvalue weighted by Crippen LogP contribution is 2.27. The molecule has 1 nitrogen and oxygen atoms in total. The molecule has 1 rings (SSSR count). The second-order valence-electron chi connectivity index (χ2n) is 6.94. The van der Waals surface area contributed by atoms with Crippen molar-refractivity contribution in [3.8, 4) is 5.75 Å². The quantitative estimate of drug-likeness (QED) is 0.676. The van der Waals surface area contributed by atoms with Crippen LogP contribution >= 0.6 is 0 Å². The van der Waals surface area contributed by atoms with E-state index in [0.29, 0.717) is 0 Å². The molecule has 1 heteroatoms. The van der Waals surface area contributed by atoms with Crippen LogP contribution in [-0.4, -0.2) is 6.10 Å². The minimum Gasteiger partial charge on any atom is -0.486 e. The van der Waals surface area contributed by atoms with E-state index >= 15 is 0 Å². The van der Waals surface area contributed by atoms with Gasteiger partial charge >= 0.3 is 0 Å². The predicted octanol–water partition coefficient (Wildman–Crippen LogP) is 5.08. The van der Waals surface area contributed by atoms with Crippen LogP contribution in [0.2, 0.25) is 0 Å². The number of rotatable bonds is 3. The summed E-state index contributed by atoms with van der Waals surface area (Å²) in [6, 6.07) is 10.0. The van der Waals surface area contributed by atoms with Gasteiger partial charge in [-0.05, 0) is 23.6 Å². The fourth-order valence-electron chi connectivity index (χ4n) is 1.53. The van der Waals surface area contributed by atoms with Gasteiger partial charge in [-0.25, -0.2) is 0 Å². The van der Waals surface area contributed by atoms with E-state index in [1.165, 1.54) is 0 Å². The summed E-state index contributed by atoms with van der Waals surface area (Å²) in [6.45, 7) is 13.2. The second-order valence-corrected chi connectivity index (χ2v) is 6.94. The standard InChI is InChI=1S/C17H26O/c1-16(2,3)13-12-15(17(4,5)6)18-14-10-8-7-9-11-14/h7-13,15H,1-6H3. The van der Waals surface area contributed by atoms with Gasteiger partial charge in [0.2, 0.25) is 0 Å². The van der Waals surface area contributed by atoms with Crippen molar-refractivity contribution in [2.24, 2.45) is 10.8 Å². The van der Waals surface area contributed by atoms with Gasteiger partial charge in [-0.15, -0.1) is 0 Å². The fraction of sp³-hybridized carbons (Fsp3) is 0.529. The van der Waals surface area contributed by atoms with Crippen LogP contribution in [-0.2, 0) is 0 Å². The molecule has 0 saturated carbocycles. The fourth-order valence-corrected chi connectivity index (χ4v) is 1.53. The molecule has 0 bridgehead atoms. The lowest BCUT2D eigenvalue weighted by Gasteiger charge is -2.29. The third-order valence-corrected chi connectivity index (χ3v) is 2.63. The van der Waals surface area contributed by atoms with Gasteiger partial charge in [0.25, 0.3) is 0 Å². The van der Waals surface area contributed by atoms with E-state index in [2.05, 4.69) is 53.7 Å². The van der Waals surface area contributed by atoms with Crippen molar-refractivity contribution in [1.82, 2.24) is 0 Å². The molecule has 0 amide bonds. The van der Waals surface area contributed by atoms with Crippen LogP contribution < -0.4 is 4.74 Å². The molecular weight excluding hydrogens is 220 g/mol. The highest BCUT2D eigenvalue weighted by molar-refractivity contribution is 5.22. The van der Waals surface area contributed by atoms with Crippen molar-refractivity contribution in [2.75, 3.05) is 0 Å². The molecule has 18 heavy (non-hydrogen) atoms. The van der Waals surface area contributed by atoms with Crippen LogP contribution in [0.5, 0.6) is 5.75 Å². The first-order valence-corrected chi connectivity index (χ1v) is 6.59. The average Bonchev–Trinajstić information content (AvgIpc) is 2.22. The van der Waals surface area contributed by atoms with Crippen LogP contribution in [0.4, 0.5) is 0 Å². The van der Waals surface area contributed by atoms with E-state index in [-0.39, 0.29) is 16.9 Å². The molecule has 0 spiro atoms. The monoisotopic (exact) mass is 246 g/mol. The normalized spacial score (nSPS) is 14.8. The number of benzene rings is 1. The lowest BCUT2D eigenvalue weighted by Crippen LogP contribution is -2.30. The van der Waals surface area contributed by atoms with E-state index < -0.39 is 0 Å². The molecule has 0 aromatic heterocycles. The summed E-state index contributed by atoms with van der Waals surface area (Å²) >= 11 is 0. The zero-order valence-corrected chi connectivity index (χ0v) is 12.5. The summed E-state index contributed by atoms with van der Waals surface area (Å²) in [5.74, 6) is 0.927. The first-order valence-electron chi connectivity index (χ1n) is 6.59. The van der Waals surface area contributed by atoms with Crippen molar-refractivity contribution in [1.29, 1.82) is 0 Å². The Balaban J connectivity index is 2.84. The molecule has 1 aromatic rings. The van der Waals surface area contributed by atoms with Crippen molar-refractivity contribution in [2.45, 2.75) is 47.6 Å². The van der Waals surface area contributed by atoms with Crippen molar-refractivity contribution >= 4 is 0 Å². The Kier molecular flexibility index (Phi) is 4.61. The van der Waals surface area contributed by atoms with Crippen molar-refractivity contribution < 1.29 is 4.74 Å². The zero-order chi connectivity index (χ0) is 13.8. The van der Waals surface area contributed by atoms with Crippen LogP contribution in [0, 0.1) is 10.8 Å². The Morgan fingerprint density at radius 3 is 1.94 bits per heavy atom. The lowest BCUT2D eigenvalue weighted by molar-refractivity contribution is 0.128. The van der Waals surface area contributed by atoms with Crippen molar-refractivity contribution in [3.05, 3.63) is 42.5 Å². The SMILES string of the molecule is CC(C)(C)C=CC(Oc1ccccc1)C(C)(C)C. The van der Waals surface area contributed by atoms with Crippen LogP contribution in [0.25, 0.3) is 0 Å². The summed E-state index contributed by atoms with van der Waals surface area (Å²) < 4.78 is 6.09. The van der Waals surface area contributed by atoms with E-state index in [1.807, 2.05) is 30.3 Å². The van der Waals surface area contributed by atoms with E-state index in [9.17, 15) is 0 Å². The zero-order valence-electron chi connectivity index (χ0n) is 12.5. The number of para-hydroxylation sites is 1. The topological polar surface area (TPSA) is 9.23 Å². The summed E-state index contributed by atoms with van der Waals surface area (Å²) in [5.41, 5.74) is 0.265. The number of hydrogen-bond acceptors (Lipinski definition) is 1. The maximum Gasteiger partial charge on any atom is 0.122 e. The van der Waals surface area contributed by atoms with Crippen LogP contribution in [0.3, 0.4) is 0 Å². The third kappa shape index (κ3) is 5.39. The van der Waals surface area contributed by atoms with Gasteiger partial charge in [0.15, 0.2) is 0 Å².